The number of esters is 2. The summed E-state index contributed by atoms with van der Waals surface area (Å²) in [7, 11) is 0. The predicted octanol–water partition coefficient (Wildman–Crippen LogP) is 25.3. The normalized spacial score (nSPS) is 13.5. The Balaban J connectivity index is 3.60. The van der Waals surface area contributed by atoms with Crippen molar-refractivity contribution in [3.8, 4) is 0 Å². The molecule has 0 fully saturated rings. The summed E-state index contributed by atoms with van der Waals surface area (Å²) in [5.41, 5.74) is 0. The van der Waals surface area contributed by atoms with Crippen molar-refractivity contribution in [1.82, 2.24) is 0 Å². The Morgan fingerprint density at radius 3 is 0.693 bits per heavy atom. The molecule has 0 radical (unpaired) electrons. The quantitative estimate of drug-likeness (QED) is 0.0373. The first-order valence-corrected chi connectivity index (χ1v) is 35.6. The van der Waals surface area contributed by atoms with Gasteiger partial charge in [0.05, 0.1) is 6.61 Å². The van der Waals surface area contributed by atoms with Gasteiger partial charge in [-0.2, -0.15) is 0 Å². The number of rotatable bonds is 63. The number of hydrogen-bond donors (Lipinski definition) is 1. The molecule has 0 aliphatic carbocycles. The third kappa shape index (κ3) is 73.0. The molecule has 5 nitrogen and oxygen atoms in total. The second-order valence-corrected chi connectivity index (χ2v) is 22.8. The number of ether oxygens (including phenoxy) is 2. The molecule has 88 heavy (non-hydrogen) atoms. The first-order chi connectivity index (χ1) is 43.6. The average molecular weight is 1210 g/mol. The maximum absolute atomic E-state index is 12.4. The van der Waals surface area contributed by atoms with Crippen LogP contribution in [0.15, 0.2) is 207 Å². The first kappa shape index (κ1) is 82.5. The van der Waals surface area contributed by atoms with Gasteiger partial charge >= 0.3 is 11.9 Å². The highest BCUT2D eigenvalue weighted by atomic mass is 16.6. The molecule has 492 valence electrons. The maximum Gasteiger partial charge on any atom is 0.306 e. The highest BCUT2D eigenvalue weighted by molar-refractivity contribution is 5.70. The summed E-state index contributed by atoms with van der Waals surface area (Å²) in [4.78, 5) is 24.7. The maximum atomic E-state index is 12.4. The zero-order chi connectivity index (χ0) is 63.3. The van der Waals surface area contributed by atoms with Crippen LogP contribution in [-0.4, -0.2) is 36.4 Å². The summed E-state index contributed by atoms with van der Waals surface area (Å²) in [5.74, 6) is -0.636. The standard InChI is InChI=1S/C83H130O5/c1-3-5-7-9-11-13-15-17-19-21-23-25-27-29-31-33-35-37-39-41-43-45-47-49-51-53-55-57-59-61-63-65-67-69-71-73-75-77-82(85)87-80-81(79-84)88-83(86)78-76-74-72-70-68-66-64-62-60-58-56-54-52-50-48-46-44-42-40-38-36-34-32-30-28-26-24-22-20-18-16-14-12-10-8-6-4-2/h5-8,11-14,17-20,23-26,29-32,35-38,42,44,48,50,54,56,60,62,66,68,81,84H,3-4,9-10,15-16,21-22,27-28,33-34,39-41,43,45-47,49,51-53,55,57-59,61,63-65,67,69-80H2,1-2H3/b7-5-,8-6-,13-11-,14-12-,19-17-,20-18-,25-23-,26-24-,31-29-,32-30-,37-35-,38-36-,44-42-,50-48-,56-54-,62-60-,68-66-. The van der Waals surface area contributed by atoms with E-state index >= 15 is 0 Å². The van der Waals surface area contributed by atoms with Crippen LogP contribution in [0.3, 0.4) is 0 Å². The SMILES string of the molecule is CC/C=C\C/C=C\C/C=C\C/C=C\C/C=C\C/C=C\C/C=C\C/C=C\C/C=C\C/C=C\C/C=C\CCCCCC(=O)OC(CO)COC(=O)CCCCCCCCCCCCCCCCCCCC/C=C\C/C=C\C/C=C\C/C=C\C/C=C\C/C=C\CC. The van der Waals surface area contributed by atoms with Crippen molar-refractivity contribution >= 4 is 11.9 Å². The van der Waals surface area contributed by atoms with E-state index in [1.165, 1.54) is 103 Å². The molecule has 1 atom stereocenters. The van der Waals surface area contributed by atoms with E-state index < -0.39 is 6.10 Å². The minimum absolute atomic E-state index is 0.0903. The van der Waals surface area contributed by atoms with Gasteiger partial charge in [-0.1, -0.05) is 330 Å². The van der Waals surface area contributed by atoms with Crippen molar-refractivity contribution < 1.29 is 24.2 Å². The minimum atomic E-state index is -0.806. The highest BCUT2D eigenvalue weighted by Crippen LogP contribution is 2.16. The van der Waals surface area contributed by atoms with E-state index in [9.17, 15) is 14.7 Å². The molecule has 0 saturated carbocycles. The molecular weight excluding hydrogens is 1080 g/mol. The predicted molar refractivity (Wildman–Crippen MR) is 389 cm³/mol. The number of hydrogen-bond acceptors (Lipinski definition) is 5. The largest absolute Gasteiger partial charge is 0.462 e. The molecule has 0 aliphatic heterocycles. The number of carbonyl (C=O) groups is 2. The molecule has 1 N–H and O–H groups in total. The molecule has 0 rings (SSSR count). The van der Waals surface area contributed by atoms with Crippen molar-refractivity contribution in [2.75, 3.05) is 13.2 Å². The van der Waals surface area contributed by atoms with Crippen molar-refractivity contribution in [1.29, 1.82) is 0 Å². The Morgan fingerprint density at radius 1 is 0.261 bits per heavy atom. The van der Waals surface area contributed by atoms with E-state index in [4.69, 9.17) is 9.47 Å². The van der Waals surface area contributed by atoms with E-state index in [2.05, 4.69) is 220 Å². The van der Waals surface area contributed by atoms with Crippen molar-refractivity contribution in [2.24, 2.45) is 0 Å². The summed E-state index contributed by atoms with van der Waals surface area (Å²) in [6.07, 6.45) is 121. The Morgan fingerprint density at radius 2 is 0.455 bits per heavy atom. The Labute approximate surface area is 542 Å². The van der Waals surface area contributed by atoms with Crippen LogP contribution < -0.4 is 0 Å². The fourth-order valence-corrected chi connectivity index (χ4v) is 9.33. The van der Waals surface area contributed by atoms with Crippen molar-refractivity contribution in [3.05, 3.63) is 207 Å². The third-order valence-electron chi connectivity index (χ3n) is 14.6. The molecule has 0 heterocycles. The molecule has 5 heteroatoms. The minimum Gasteiger partial charge on any atom is -0.462 e. The number of unbranched alkanes of at least 4 members (excludes halogenated alkanes) is 21. The van der Waals surface area contributed by atoms with Crippen LogP contribution in [0.1, 0.15) is 284 Å². The topological polar surface area (TPSA) is 72.8 Å². The average Bonchev–Trinajstić information content (AvgIpc) is 3.55. The van der Waals surface area contributed by atoms with Gasteiger partial charge < -0.3 is 14.6 Å². The molecule has 0 aromatic heterocycles. The molecule has 0 aliphatic rings. The zero-order valence-corrected chi connectivity index (χ0v) is 56.4. The number of carbonyl (C=O) groups excluding carboxylic acids is 2. The molecular formula is C83H130O5. The lowest BCUT2D eigenvalue weighted by molar-refractivity contribution is -0.161. The van der Waals surface area contributed by atoms with Gasteiger partial charge in [0.25, 0.3) is 0 Å². The van der Waals surface area contributed by atoms with E-state index in [0.717, 1.165) is 154 Å². The molecule has 1 unspecified atom stereocenters. The lowest BCUT2D eigenvalue weighted by Gasteiger charge is -2.15. The van der Waals surface area contributed by atoms with E-state index in [-0.39, 0.29) is 25.2 Å². The molecule has 0 saturated heterocycles. The molecule has 0 bridgehead atoms. The van der Waals surface area contributed by atoms with Gasteiger partial charge in [0, 0.05) is 12.8 Å². The van der Waals surface area contributed by atoms with Crippen LogP contribution in [0.2, 0.25) is 0 Å². The van der Waals surface area contributed by atoms with Crippen LogP contribution in [0.5, 0.6) is 0 Å². The Kier molecular flexibility index (Phi) is 71.0. The second kappa shape index (κ2) is 75.7. The highest BCUT2D eigenvalue weighted by Gasteiger charge is 2.16. The lowest BCUT2D eigenvalue weighted by atomic mass is 10.0. The Hall–Kier alpha value is -5.52. The third-order valence-corrected chi connectivity index (χ3v) is 14.6. The molecule has 0 aromatic carbocycles. The second-order valence-electron chi connectivity index (χ2n) is 22.8. The summed E-state index contributed by atoms with van der Waals surface area (Å²) >= 11 is 0. The summed E-state index contributed by atoms with van der Waals surface area (Å²) in [6.45, 7) is 3.89. The van der Waals surface area contributed by atoms with E-state index in [1.54, 1.807) is 0 Å². The monoisotopic (exact) mass is 1210 g/mol. The number of aliphatic hydroxyl groups is 1. The van der Waals surface area contributed by atoms with Crippen LogP contribution >= 0.6 is 0 Å². The van der Waals surface area contributed by atoms with Gasteiger partial charge in [-0.3, -0.25) is 9.59 Å². The van der Waals surface area contributed by atoms with Gasteiger partial charge in [-0.25, -0.2) is 0 Å². The van der Waals surface area contributed by atoms with Crippen LogP contribution in [0.25, 0.3) is 0 Å². The molecule has 0 amide bonds. The van der Waals surface area contributed by atoms with E-state index in [0.29, 0.717) is 12.8 Å². The van der Waals surface area contributed by atoms with Gasteiger partial charge in [0.15, 0.2) is 6.10 Å². The van der Waals surface area contributed by atoms with Crippen LogP contribution in [-0.2, 0) is 19.1 Å². The molecule has 0 aromatic rings. The van der Waals surface area contributed by atoms with E-state index in [1.807, 2.05) is 0 Å². The van der Waals surface area contributed by atoms with Gasteiger partial charge in [0.1, 0.15) is 6.61 Å². The first-order valence-electron chi connectivity index (χ1n) is 35.6. The lowest BCUT2D eigenvalue weighted by Crippen LogP contribution is -2.28. The van der Waals surface area contributed by atoms with Crippen molar-refractivity contribution in [2.45, 2.75) is 290 Å². The Bertz CT molecular complexity index is 2050. The van der Waals surface area contributed by atoms with Gasteiger partial charge in [0.2, 0.25) is 0 Å². The fraction of sp³-hybridized carbons (Fsp3) is 0.566. The van der Waals surface area contributed by atoms with Gasteiger partial charge in [-0.05, 0) is 148 Å². The summed E-state index contributed by atoms with van der Waals surface area (Å²) < 4.78 is 10.7. The molecule has 0 spiro atoms. The zero-order valence-electron chi connectivity index (χ0n) is 56.4. The number of allylic oxidation sites excluding steroid dienone is 34. The summed E-state index contributed by atoms with van der Waals surface area (Å²) in [5, 5.41) is 9.70. The summed E-state index contributed by atoms with van der Waals surface area (Å²) in [6, 6.07) is 0. The number of aliphatic hydroxyl groups excluding tert-OH is 1. The smallest absolute Gasteiger partial charge is 0.306 e. The van der Waals surface area contributed by atoms with Gasteiger partial charge in [-0.15, -0.1) is 0 Å². The van der Waals surface area contributed by atoms with Crippen LogP contribution in [0.4, 0.5) is 0 Å². The fourth-order valence-electron chi connectivity index (χ4n) is 9.33. The van der Waals surface area contributed by atoms with Crippen LogP contribution in [0, 0.1) is 0 Å². The van der Waals surface area contributed by atoms with Crippen molar-refractivity contribution in [3.63, 3.8) is 0 Å².